The third kappa shape index (κ3) is 4.30. The Morgan fingerprint density at radius 2 is 1.68 bits per heavy atom. The van der Waals surface area contributed by atoms with Crippen LogP contribution in [0.2, 0.25) is 0 Å². The van der Waals surface area contributed by atoms with Crippen molar-refractivity contribution in [2.75, 3.05) is 45.3 Å². The van der Waals surface area contributed by atoms with E-state index in [1.165, 1.54) is 19.3 Å². The van der Waals surface area contributed by atoms with Crippen LogP contribution in [0.15, 0.2) is 18.2 Å². The van der Waals surface area contributed by atoms with Gasteiger partial charge in [0.25, 0.3) is 0 Å². The van der Waals surface area contributed by atoms with Gasteiger partial charge in [0, 0.05) is 44.0 Å². The third-order valence-corrected chi connectivity index (χ3v) is 5.23. The molecule has 1 aliphatic heterocycles. The summed E-state index contributed by atoms with van der Waals surface area (Å²) in [5, 5.41) is 3.21. The minimum absolute atomic E-state index is 0.0962. The molecule has 0 bridgehead atoms. The normalized spacial score (nSPS) is 18.8. The maximum Gasteiger partial charge on any atom is 0.317 e. The SMILES string of the molecule is COc1ccc(N2CCN(C(=O)NC3CCCCC3)CC2)cc1OC. The van der Waals surface area contributed by atoms with E-state index in [4.69, 9.17) is 9.47 Å². The van der Waals surface area contributed by atoms with Crippen molar-refractivity contribution in [1.82, 2.24) is 10.2 Å². The lowest BCUT2D eigenvalue weighted by molar-refractivity contribution is 0.186. The zero-order valence-corrected chi connectivity index (χ0v) is 15.3. The van der Waals surface area contributed by atoms with E-state index >= 15 is 0 Å². The second kappa shape index (κ2) is 8.32. The van der Waals surface area contributed by atoms with Crippen LogP contribution in [0.4, 0.5) is 10.5 Å². The molecule has 3 rings (SSSR count). The zero-order chi connectivity index (χ0) is 17.6. The molecule has 1 aromatic carbocycles. The van der Waals surface area contributed by atoms with Gasteiger partial charge >= 0.3 is 6.03 Å². The summed E-state index contributed by atoms with van der Waals surface area (Å²) in [7, 11) is 3.29. The summed E-state index contributed by atoms with van der Waals surface area (Å²) in [6, 6.07) is 6.43. The molecule has 0 atom stereocenters. The van der Waals surface area contributed by atoms with Crippen LogP contribution in [0.5, 0.6) is 11.5 Å². The number of ether oxygens (including phenoxy) is 2. The summed E-state index contributed by atoms with van der Waals surface area (Å²) in [5.41, 5.74) is 1.10. The Kier molecular flexibility index (Phi) is 5.89. The molecule has 1 aliphatic carbocycles. The first-order valence-corrected chi connectivity index (χ1v) is 9.23. The number of piperazine rings is 1. The summed E-state index contributed by atoms with van der Waals surface area (Å²) < 4.78 is 10.7. The van der Waals surface area contributed by atoms with Gasteiger partial charge in [-0.25, -0.2) is 4.79 Å². The van der Waals surface area contributed by atoms with Crippen molar-refractivity contribution < 1.29 is 14.3 Å². The number of amides is 2. The van der Waals surface area contributed by atoms with E-state index in [0.29, 0.717) is 6.04 Å². The number of carbonyl (C=O) groups is 1. The molecule has 1 heterocycles. The fraction of sp³-hybridized carbons (Fsp3) is 0.632. The highest BCUT2D eigenvalue weighted by Gasteiger charge is 2.24. The molecular weight excluding hydrogens is 318 g/mol. The first-order valence-electron chi connectivity index (χ1n) is 9.23. The minimum atomic E-state index is 0.0962. The molecule has 0 aromatic heterocycles. The van der Waals surface area contributed by atoms with Crippen molar-refractivity contribution in [3.8, 4) is 11.5 Å². The Balaban J connectivity index is 1.53. The van der Waals surface area contributed by atoms with E-state index in [2.05, 4.69) is 10.2 Å². The van der Waals surface area contributed by atoms with Crippen molar-refractivity contribution in [3.05, 3.63) is 18.2 Å². The molecule has 6 nitrogen and oxygen atoms in total. The average molecular weight is 347 g/mol. The predicted molar refractivity (Wildman–Crippen MR) is 98.7 cm³/mol. The number of rotatable bonds is 4. The first-order chi connectivity index (χ1) is 12.2. The summed E-state index contributed by atoms with van der Waals surface area (Å²) in [6.45, 7) is 3.14. The van der Waals surface area contributed by atoms with E-state index in [0.717, 1.165) is 56.2 Å². The van der Waals surface area contributed by atoms with E-state index in [1.807, 2.05) is 23.1 Å². The first kappa shape index (κ1) is 17.7. The largest absolute Gasteiger partial charge is 0.493 e. The molecule has 1 saturated carbocycles. The van der Waals surface area contributed by atoms with Gasteiger partial charge in [-0.1, -0.05) is 19.3 Å². The van der Waals surface area contributed by atoms with Gasteiger partial charge in [0.1, 0.15) is 0 Å². The highest BCUT2D eigenvalue weighted by atomic mass is 16.5. The van der Waals surface area contributed by atoms with E-state index in [-0.39, 0.29) is 6.03 Å². The van der Waals surface area contributed by atoms with E-state index in [1.54, 1.807) is 14.2 Å². The molecule has 25 heavy (non-hydrogen) atoms. The number of nitrogens with one attached hydrogen (secondary N) is 1. The Bertz CT molecular complexity index is 579. The van der Waals surface area contributed by atoms with Gasteiger partial charge in [-0.05, 0) is 25.0 Å². The van der Waals surface area contributed by atoms with Crippen molar-refractivity contribution in [3.63, 3.8) is 0 Å². The van der Waals surface area contributed by atoms with Crippen molar-refractivity contribution in [2.45, 2.75) is 38.1 Å². The molecule has 0 radical (unpaired) electrons. The quantitative estimate of drug-likeness (QED) is 0.910. The summed E-state index contributed by atoms with van der Waals surface area (Å²) >= 11 is 0. The smallest absolute Gasteiger partial charge is 0.317 e. The van der Waals surface area contributed by atoms with Gasteiger partial charge in [-0.15, -0.1) is 0 Å². The fourth-order valence-corrected chi connectivity index (χ4v) is 3.70. The lowest BCUT2D eigenvalue weighted by Crippen LogP contribution is -2.53. The standard InChI is InChI=1S/C19H29N3O3/c1-24-17-9-8-16(14-18(17)25-2)21-10-12-22(13-11-21)19(23)20-15-6-4-3-5-7-15/h8-9,14-15H,3-7,10-13H2,1-2H3,(H,20,23). The summed E-state index contributed by atoms with van der Waals surface area (Å²) in [6.07, 6.45) is 6.01. The monoisotopic (exact) mass is 347 g/mol. The van der Waals surface area contributed by atoms with Crippen LogP contribution in [0.1, 0.15) is 32.1 Å². The Morgan fingerprint density at radius 3 is 2.32 bits per heavy atom. The van der Waals surface area contributed by atoms with Gasteiger partial charge in [0.2, 0.25) is 0 Å². The number of carbonyl (C=O) groups excluding carboxylic acids is 1. The average Bonchev–Trinajstić information content (AvgIpc) is 2.68. The highest BCUT2D eigenvalue weighted by molar-refractivity contribution is 5.75. The Morgan fingerprint density at radius 1 is 1.00 bits per heavy atom. The molecule has 138 valence electrons. The Hall–Kier alpha value is -2.11. The molecule has 2 fully saturated rings. The molecule has 2 amide bonds. The number of benzene rings is 1. The number of nitrogens with zero attached hydrogens (tertiary/aromatic N) is 2. The molecule has 0 spiro atoms. The van der Waals surface area contributed by atoms with Crippen molar-refractivity contribution >= 4 is 11.7 Å². The lowest BCUT2D eigenvalue weighted by atomic mass is 9.96. The number of hydrogen-bond donors (Lipinski definition) is 1. The fourth-order valence-electron chi connectivity index (χ4n) is 3.70. The summed E-state index contributed by atoms with van der Waals surface area (Å²) in [4.78, 5) is 16.7. The number of anilines is 1. The third-order valence-electron chi connectivity index (χ3n) is 5.23. The molecule has 6 heteroatoms. The van der Waals surface area contributed by atoms with Gasteiger partial charge in [-0.2, -0.15) is 0 Å². The number of urea groups is 1. The molecule has 2 aliphatic rings. The molecule has 1 N–H and O–H groups in total. The van der Waals surface area contributed by atoms with Crippen LogP contribution in [0, 0.1) is 0 Å². The van der Waals surface area contributed by atoms with Crippen LogP contribution >= 0.6 is 0 Å². The topological polar surface area (TPSA) is 54.0 Å². The van der Waals surface area contributed by atoms with E-state index in [9.17, 15) is 4.79 Å². The maximum absolute atomic E-state index is 12.5. The minimum Gasteiger partial charge on any atom is -0.493 e. The van der Waals surface area contributed by atoms with Gasteiger partial charge in [-0.3, -0.25) is 0 Å². The highest BCUT2D eigenvalue weighted by Crippen LogP contribution is 2.31. The van der Waals surface area contributed by atoms with Crippen LogP contribution in [0.25, 0.3) is 0 Å². The summed E-state index contributed by atoms with van der Waals surface area (Å²) in [5.74, 6) is 1.47. The van der Waals surface area contributed by atoms with Crippen molar-refractivity contribution in [1.29, 1.82) is 0 Å². The Labute approximate surface area is 150 Å². The predicted octanol–water partition coefficient (Wildman–Crippen LogP) is 2.87. The van der Waals surface area contributed by atoms with Crippen LogP contribution < -0.4 is 19.7 Å². The van der Waals surface area contributed by atoms with Crippen LogP contribution in [-0.4, -0.2) is 57.4 Å². The molecule has 1 saturated heterocycles. The molecule has 0 unspecified atom stereocenters. The zero-order valence-electron chi connectivity index (χ0n) is 15.3. The van der Waals surface area contributed by atoms with E-state index < -0.39 is 0 Å². The number of methoxy groups -OCH3 is 2. The van der Waals surface area contributed by atoms with Crippen molar-refractivity contribution in [2.24, 2.45) is 0 Å². The maximum atomic E-state index is 12.5. The molecule has 1 aromatic rings. The lowest BCUT2D eigenvalue weighted by Gasteiger charge is -2.37. The van der Waals surface area contributed by atoms with Crippen LogP contribution in [0.3, 0.4) is 0 Å². The van der Waals surface area contributed by atoms with Gasteiger partial charge in [0.05, 0.1) is 14.2 Å². The second-order valence-electron chi connectivity index (χ2n) is 6.80. The molecular formula is C19H29N3O3. The second-order valence-corrected chi connectivity index (χ2v) is 6.80. The number of hydrogen-bond acceptors (Lipinski definition) is 4. The van der Waals surface area contributed by atoms with Gasteiger partial charge < -0.3 is 24.6 Å². The van der Waals surface area contributed by atoms with Crippen LogP contribution in [-0.2, 0) is 0 Å². The van der Waals surface area contributed by atoms with Gasteiger partial charge in [0.15, 0.2) is 11.5 Å².